The molecule has 1 atom stereocenters. The summed E-state index contributed by atoms with van der Waals surface area (Å²) in [4.78, 5) is 17.7. The van der Waals surface area contributed by atoms with Gasteiger partial charge in [-0.1, -0.05) is 57.6 Å². The molecule has 0 radical (unpaired) electrons. The first-order chi connectivity index (χ1) is 15.1. The summed E-state index contributed by atoms with van der Waals surface area (Å²) >= 11 is 0. The zero-order valence-corrected chi connectivity index (χ0v) is 20.4. The van der Waals surface area contributed by atoms with Crippen LogP contribution in [0.2, 0.25) is 0 Å². The van der Waals surface area contributed by atoms with Gasteiger partial charge < -0.3 is 14.5 Å². The molecular weight excluding hydrogens is 384 g/mol. The number of hydrogen-bond donors (Lipinski definition) is 0. The molecular formula is C27H46N2O2. The van der Waals surface area contributed by atoms with Gasteiger partial charge in [0.2, 0.25) is 5.91 Å². The molecule has 0 spiro atoms. The lowest BCUT2D eigenvalue weighted by atomic mass is 10.0. The fourth-order valence-electron chi connectivity index (χ4n) is 4.54. The van der Waals surface area contributed by atoms with Gasteiger partial charge in [-0.2, -0.15) is 0 Å². The second-order valence-corrected chi connectivity index (χ2v) is 9.14. The molecule has 1 heterocycles. The van der Waals surface area contributed by atoms with Crippen LogP contribution in [0.3, 0.4) is 0 Å². The number of ether oxygens (including phenoxy) is 1. The minimum absolute atomic E-state index is 0.316. The van der Waals surface area contributed by atoms with Gasteiger partial charge in [-0.15, -0.1) is 0 Å². The molecule has 31 heavy (non-hydrogen) atoms. The van der Waals surface area contributed by atoms with E-state index in [1.165, 1.54) is 63.5 Å². The first-order valence-electron chi connectivity index (χ1n) is 12.9. The van der Waals surface area contributed by atoms with Crippen molar-refractivity contribution in [1.82, 2.24) is 9.80 Å². The molecule has 0 N–H and O–H groups in total. The van der Waals surface area contributed by atoms with Gasteiger partial charge in [0.05, 0.1) is 6.61 Å². The van der Waals surface area contributed by atoms with E-state index in [2.05, 4.69) is 35.8 Å². The molecule has 1 unspecified atom stereocenters. The largest absolute Gasteiger partial charge is 0.494 e. The first-order valence-corrected chi connectivity index (χ1v) is 12.9. The molecule has 0 saturated carbocycles. The van der Waals surface area contributed by atoms with E-state index >= 15 is 0 Å². The third-order valence-electron chi connectivity index (χ3n) is 6.52. The quantitative estimate of drug-likeness (QED) is 0.301. The number of likely N-dealkylation sites (tertiary alicyclic amines) is 1. The van der Waals surface area contributed by atoms with Crippen LogP contribution in [0.15, 0.2) is 24.3 Å². The molecule has 4 nitrogen and oxygen atoms in total. The van der Waals surface area contributed by atoms with Crippen molar-refractivity contribution >= 4 is 5.91 Å². The van der Waals surface area contributed by atoms with Gasteiger partial charge in [-0.3, -0.25) is 4.79 Å². The maximum absolute atomic E-state index is 13.0. The minimum atomic E-state index is 0.316. The molecule has 1 aliphatic heterocycles. The lowest BCUT2D eigenvalue weighted by molar-refractivity contribution is -0.132. The molecule has 1 aromatic rings. The Kier molecular flexibility index (Phi) is 12.7. The molecule has 0 bridgehead atoms. The number of rotatable bonds is 15. The van der Waals surface area contributed by atoms with Crippen molar-refractivity contribution in [3.05, 3.63) is 29.8 Å². The second kappa shape index (κ2) is 15.3. The van der Waals surface area contributed by atoms with Crippen molar-refractivity contribution in [2.75, 3.05) is 26.2 Å². The van der Waals surface area contributed by atoms with Crippen LogP contribution in [-0.4, -0.2) is 48.0 Å². The van der Waals surface area contributed by atoms with Gasteiger partial charge in [0.15, 0.2) is 0 Å². The highest BCUT2D eigenvalue weighted by Gasteiger charge is 2.19. The van der Waals surface area contributed by atoms with Gasteiger partial charge in [-0.25, -0.2) is 0 Å². The van der Waals surface area contributed by atoms with E-state index in [1.807, 2.05) is 19.1 Å². The van der Waals surface area contributed by atoms with Crippen LogP contribution in [0.1, 0.15) is 97.0 Å². The van der Waals surface area contributed by atoms with Crippen LogP contribution in [0.25, 0.3) is 0 Å². The normalized spacial score (nSPS) is 16.9. The van der Waals surface area contributed by atoms with E-state index < -0.39 is 0 Å². The molecule has 1 amide bonds. The SMILES string of the molecule is CCCCCCCCC(=O)N(CCCN1CCCCC1C)Cc1ccc(OCC)cc1. The lowest BCUT2D eigenvalue weighted by Crippen LogP contribution is -2.40. The van der Waals surface area contributed by atoms with Gasteiger partial charge >= 0.3 is 0 Å². The smallest absolute Gasteiger partial charge is 0.222 e. The minimum Gasteiger partial charge on any atom is -0.494 e. The Morgan fingerprint density at radius 1 is 1.03 bits per heavy atom. The average Bonchev–Trinajstić information content (AvgIpc) is 2.78. The number of hydrogen-bond acceptors (Lipinski definition) is 3. The molecule has 4 heteroatoms. The van der Waals surface area contributed by atoms with Crippen molar-refractivity contribution in [2.45, 2.75) is 104 Å². The number of benzene rings is 1. The molecule has 0 aromatic heterocycles. The molecule has 1 aromatic carbocycles. The molecule has 176 valence electrons. The maximum atomic E-state index is 13.0. The summed E-state index contributed by atoms with van der Waals surface area (Å²) < 4.78 is 5.56. The highest BCUT2D eigenvalue weighted by atomic mass is 16.5. The Balaban J connectivity index is 1.86. The molecule has 2 rings (SSSR count). The van der Waals surface area contributed by atoms with Crippen LogP contribution >= 0.6 is 0 Å². The summed E-state index contributed by atoms with van der Waals surface area (Å²) in [5, 5.41) is 0. The van der Waals surface area contributed by atoms with Gasteiger partial charge in [0, 0.05) is 32.1 Å². The Morgan fingerprint density at radius 2 is 1.77 bits per heavy atom. The van der Waals surface area contributed by atoms with Crippen molar-refractivity contribution in [1.29, 1.82) is 0 Å². The molecule has 0 aliphatic carbocycles. The standard InChI is InChI=1S/C27H46N2O2/c1-4-6-7-8-9-10-15-27(30)29(22-13-21-28-20-12-11-14-24(28)3)23-25-16-18-26(19-17-25)31-5-2/h16-19,24H,4-15,20-23H2,1-3H3. The second-order valence-electron chi connectivity index (χ2n) is 9.14. The van der Waals surface area contributed by atoms with Crippen LogP contribution in [0.5, 0.6) is 5.75 Å². The van der Waals surface area contributed by atoms with Crippen molar-refractivity contribution < 1.29 is 9.53 Å². The fraction of sp³-hybridized carbons (Fsp3) is 0.741. The maximum Gasteiger partial charge on any atom is 0.222 e. The Bertz CT molecular complexity index is 602. The third-order valence-corrected chi connectivity index (χ3v) is 6.52. The van der Waals surface area contributed by atoms with E-state index in [4.69, 9.17) is 4.74 Å². The first kappa shape index (κ1) is 25.7. The third kappa shape index (κ3) is 10.1. The summed E-state index contributed by atoms with van der Waals surface area (Å²) in [6.45, 7) is 11.1. The summed E-state index contributed by atoms with van der Waals surface area (Å²) in [7, 11) is 0. The number of nitrogens with zero attached hydrogens (tertiary/aromatic N) is 2. The summed E-state index contributed by atoms with van der Waals surface area (Å²) in [6, 6.07) is 8.92. The van der Waals surface area contributed by atoms with E-state index in [9.17, 15) is 4.79 Å². The van der Waals surface area contributed by atoms with E-state index in [0.717, 1.165) is 31.7 Å². The lowest BCUT2D eigenvalue weighted by Gasteiger charge is -2.34. The molecule has 1 fully saturated rings. The van der Waals surface area contributed by atoms with E-state index in [1.54, 1.807) is 0 Å². The van der Waals surface area contributed by atoms with Crippen LogP contribution < -0.4 is 4.74 Å². The number of unbranched alkanes of at least 4 members (excludes halogenated alkanes) is 5. The number of carbonyl (C=O) groups excluding carboxylic acids is 1. The average molecular weight is 431 g/mol. The number of piperidine rings is 1. The fourth-order valence-corrected chi connectivity index (χ4v) is 4.54. The Hall–Kier alpha value is -1.55. The van der Waals surface area contributed by atoms with E-state index in [-0.39, 0.29) is 0 Å². The van der Waals surface area contributed by atoms with Crippen LogP contribution in [0.4, 0.5) is 0 Å². The van der Waals surface area contributed by atoms with Crippen LogP contribution in [0, 0.1) is 0 Å². The monoisotopic (exact) mass is 430 g/mol. The van der Waals surface area contributed by atoms with E-state index in [0.29, 0.717) is 31.5 Å². The summed E-state index contributed by atoms with van der Waals surface area (Å²) in [6.07, 6.45) is 13.1. The predicted octanol–water partition coefficient (Wildman–Crippen LogP) is 6.43. The van der Waals surface area contributed by atoms with Crippen LogP contribution in [-0.2, 0) is 11.3 Å². The predicted molar refractivity (Wildman–Crippen MR) is 131 cm³/mol. The Morgan fingerprint density at radius 3 is 2.48 bits per heavy atom. The van der Waals surface area contributed by atoms with Crippen molar-refractivity contribution in [3.8, 4) is 5.75 Å². The van der Waals surface area contributed by atoms with Gasteiger partial charge in [0.1, 0.15) is 5.75 Å². The highest BCUT2D eigenvalue weighted by Crippen LogP contribution is 2.18. The van der Waals surface area contributed by atoms with Gasteiger partial charge in [-0.05, 0) is 63.8 Å². The summed E-state index contributed by atoms with van der Waals surface area (Å²) in [5.74, 6) is 1.21. The zero-order chi connectivity index (χ0) is 22.3. The zero-order valence-electron chi connectivity index (χ0n) is 20.4. The van der Waals surface area contributed by atoms with Crippen molar-refractivity contribution in [2.24, 2.45) is 0 Å². The highest BCUT2D eigenvalue weighted by molar-refractivity contribution is 5.76. The summed E-state index contributed by atoms with van der Waals surface area (Å²) in [5.41, 5.74) is 1.19. The van der Waals surface area contributed by atoms with Crippen molar-refractivity contribution in [3.63, 3.8) is 0 Å². The Labute approximate surface area is 191 Å². The molecule has 1 aliphatic rings. The van der Waals surface area contributed by atoms with Gasteiger partial charge in [0.25, 0.3) is 0 Å². The molecule has 1 saturated heterocycles. The topological polar surface area (TPSA) is 32.8 Å². The number of amides is 1. The number of carbonyl (C=O) groups is 1.